The second-order valence-electron chi connectivity index (χ2n) is 19.7. The summed E-state index contributed by atoms with van der Waals surface area (Å²) >= 11 is 0. The van der Waals surface area contributed by atoms with Gasteiger partial charge in [-0.2, -0.15) is 0 Å². The van der Waals surface area contributed by atoms with E-state index in [2.05, 4.69) is 30.9 Å². The number of carbonyl (C=O) groups is 1. The highest BCUT2D eigenvalue weighted by Gasteiger charge is 2.65. The number of ether oxygens (including phenoxy) is 3. The minimum atomic E-state index is -1.57. The van der Waals surface area contributed by atoms with E-state index in [1.54, 1.807) is 41.3 Å². The number of amides is 1. The van der Waals surface area contributed by atoms with Crippen molar-refractivity contribution in [2.75, 3.05) is 19.8 Å². The number of hydrogen-bond donors (Lipinski definition) is 2. The summed E-state index contributed by atoms with van der Waals surface area (Å²) in [7, 11) is 0. The van der Waals surface area contributed by atoms with Crippen LogP contribution in [0.5, 0.6) is 17.2 Å². The molecule has 0 spiro atoms. The number of oxime groups is 1. The molecule has 376 valence electrons. The van der Waals surface area contributed by atoms with Crippen LogP contribution in [0, 0.1) is 33.7 Å². The first-order valence-electron chi connectivity index (χ1n) is 24.9. The highest BCUT2D eigenvalue weighted by molar-refractivity contribution is 6.03. The van der Waals surface area contributed by atoms with Crippen molar-refractivity contribution in [3.63, 3.8) is 0 Å². The van der Waals surface area contributed by atoms with Crippen molar-refractivity contribution in [1.29, 1.82) is 0 Å². The fourth-order valence-corrected chi connectivity index (χ4v) is 10.5. The molecule has 12 nitrogen and oxygen atoms in total. The van der Waals surface area contributed by atoms with Crippen LogP contribution < -0.4 is 9.47 Å². The van der Waals surface area contributed by atoms with Crippen LogP contribution in [0.1, 0.15) is 88.3 Å². The van der Waals surface area contributed by atoms with Crippen LogP contribution in [0.15, 0.2) is 157 Å². The molecule has 0 bridgehead atoms. The van der Waals surface area contributed by atoms with E-state index in [0.29, 0.717) is 46.9 Å². The molecule has 6 atom stereocenters. The van der Waals surface area contributed by atoms with Crippen LogP contribution in [0.3, 0.4) is 0 Å². The number of non-ortho nitro benzene ring substituents is 1. The lowest BCUT2D eigenvalue weighted by Crippen LogP contribution is -2.70. The molecule has 1 fully saturated rings. The number of aliphatic hydroxyl groups is 2. The molecule has 5 aromatic carbocycles. The summed E-state index contributed by atoms with van der Waals surface area (Å²) in [4.78, 5) is 34.2. The first-order valence-corrected chi connectivity index (χ1v) is 24.9. The topological polar surface area (TPSA) is 153 Å². The van der Waals surface area contributed by atoms with Crippen LogP contribution in [0.4, 0.5) is 10.1 Å². The largest absolute Gasteiger partial charge is 0.459 e. The van der Waals surface area contributed by atoms with Crippen molar-refractivity contribution in [2.45, 2.75) is 95.6 Å². The Bertz CT molecular complexity index is 2750. The molecule has 2 aliphatic carbocycles. The molecule has 1 saturated carbocycles. The maximum absolute atomic E-state index is 15.2. The zero-order chi connectivity index (χ0) is 50.8. The second kappa shape index (κ2) is 23.1. The van der Waals surface area contributed by atoms with Crippen LogP contribution in [-0.4, -0.2) is 68.9 Å². The Morgan fingerprint density at radius 3 is 2.25 bits per heavy atom. The summed E-state index contributed by atoms with van der Waals surface area (Å²) in [5.74, 6) is -1.55. The molecule has 8 rings (SSSR count). The molecule has 0 aromatic heterocycles. The van der Waals surface area contributed by atoms with Gasteiger partial charge in [0.25, 0.3) is 5.69 Å². The molecule has 1 amide bonds. The van der Waals surface area contributed by atoms with Crippen molar-refractivity contribution in [3.8, 4) is 28.4 Å². The molecule has 13 heteroatoms. The molecule has 5 aromatic rings. The lowest BCUT2D eigenvalue weighted by Gasteiger charge is -2.60. The predicted octanol–water partition coefficient (Wildman–Crippen LogP) is 12.4. The molecule has 0 radical (unpaired) electrons. The van der Waals surface area contributed by atoms with Crippen molar-refractivity contribution in [2.24, 2.45) is 22.9 Å². The Morgan fingerprint density at radius 1 is 0.903 bits per heavy atom. The first kappa shape index (κ1) is 51.4. The minimum absolute atomic E-state index is 0.00243. The maximum atomic E-state index is 15.2. The minimum Gasteiger partial charge on any atom is -0.459 e. The zero-order valence-corrected chi connectivity index (χ0v) is 41.2. The van der Waals surface area contributed by atoms with Gasteiger partial charge in [0.05, 0.1) is 23.2 Å². The number of allylic oxidation sites excluding steroid dienone is 1. The van der Waals surface area contributed by atoms with Gasteiger partial charge in [0.1, 0.15) is 34.7 Å². The van der Waals surface area contributed by atoms with Crippen molar-refractivity contribution in [3.05, 3.63) is 184 Å². The lowest BCUT2D eigenvalue weighted by molar-refractivity contribution is -0.384. The summed E-state index contributed by atoms with van der Waals surface area (Å²) in [5, 5.41) is 36.5. The summed E-state index contributed by atoms with van der Waals surface area (Å²) < 4.78 is 35.8. The first-order chi connectivity index (χ1) is 34.8. The Labute approximate surface area is 421 Å². The van der Waals surface area contributed by atoms with Gasteiger partial charge in [0.2, 0.25) is 11.7 Å². The molecule has 1 aliphatic heterocycles. The van der Waals surface area contributed by atoms with Gasteiger partial charge in [-0.3, -0.25) is 14.9 Å². The summed E-state index contributed by atoms with van der Waals surface area (Å²) in [6.45, 7) is 10.0. The van der Waals surface area contributed by atoms with E-state index in [9.17, 15) is 24.7 Å². The van der Waals surface area contributed by atoms with Gasteiger partial charge >= 0.3 is 0 Å². The Balaban J connectivity index is 1.32. The van der Waals surface area contributed by atoms with Crippen molar-refractivity contribution < 1.29 is 43.4 Å². The number of rotatable bonds is 21. The van der Waals surface area contributed by atoms with Gasteiger partial charge in [0, 0.05) is 55.9 Å². The highest BCUT2D eigenvalue weighted by atomic mass is 19.1. The average molecular weight is 978 g/mol. The molecule has 2 N–H and O–H groups in total. The molecular formula is C59H64FN3O9. The SMILES string of the molecule is C=CCO[C@@]12Oc3ccc(Oc4ccc(-c5ccccc5)cc4)cc3[C@H]3[C@H](CCCCO)[C@@H](CCCCO)C=C(C(=NOC(C)(C)C)C[C@@H]1N(Cc1ccc(F)cc1)C(=O)C=Cc1ccc([N+](=O)[O-])cc1)[C@H]32. The highest BCUT2D eigenvalue weighted by Crippen LogP contribution is 2.62. The third-order valence-electron chi connectivity index (χ3n) is 13.7. The Morgan fingerprint density at radius 2 is 1.58 bits per heavy atom. The van der Waals surface area contributed by atoms with Crippen LogP contribution >= 0.6 is 0 Å². The normalized spacial score (nSPS) is 21.8. The Kier molecular flexibility index (Phi) is 16.5. The van der Waals surface area contributed by atoms with E-state index in [1.807, 2.05) is 75.4 Å². The van der Waals surface area contributed by atoms with E-state index in [0.717, 1.165) is 47.9 Å². The smallest absolute Gasteiger partial charge is 0.269 e. The van der Waals surface area contributed by atoms with Gasteiger partial charge in [-0.25, -0.2) is 4.39 Å². The van der Waals surface area contributed by atoms with Crippen molar-refractivity contribution >= 4 is 23.4 Å². The van der Waals surface area contributed by atoms with Gasteiger partial charge in [-0.1, -0.05) is 84.7 Å². The number of hydrogen-bond acceptors (Lipinski definition) is 10. The van der Waals surface area contributed by atoms with Gasteiger partial charge in [-0.05, 0) is 147 Å². The number of benzene rings is 5. The van der Waals surface area contributed by atoms with Crippen LogP contribution in [0.2, 0.25) is 0 Å². The monoisotopic (exact) mass is 977 g/mol. The summed E-state index contributed by atoms with van der Waals surface area (Å²) in [6, 6.07) is 35.0. The molecule has 1 heterocycles. The number of halogens is 1. The van der Waals surface area contributed by atoms with Crippen LogP contribution in [0.25, 0.3) is 17.2 Å². The standard InChI is InChI=1S/C59H64FN3O9/c1-5-35-69-59-54(62(39-41-17-24-45(60)25-18-41)55(66)32-21-40-19-26-46(27-20-40)63(67)68)38-52(61-72-58(2,3)4)50-36-44(15-9-11-33-64)49(16-10-12-34-65)56(57(50)59)51-37-48(30-31-53(51)71-59)70-47-28-22-43(23-29-47)42-13-7-6-8-14-42/h5-8,13-14,17-32,36-37,44,49,54,56-57,64-65H,1,9-12,15-16,33-35,38-39H2,2-4H3/t44-,49+,54-,56+,57+,59+/m0/s1. The number of nitrogens with zero attached hydrogens (tertiary/aromatic N) is 3. The molecule has 3 aliphatic rings. The number of carbonyl (C=O) groups excluding carboxylic acids is 1. The van der Waals surface area contributed by atoms with Gasteiger partial charge < -0.3 is 34.2 Å². The summed E-state index contributed by atoms with van der Waals surface area (Å²) in [6.07, 6.45) is 11.4. The van der Waals surface area contributed by atoms with E-state index in [4.69, 9.17) is 24.2 Å². The maximum Gasteiger partial charge on any atom is 0.269 e. The third kappa shape index (κ3) is 11.9. The number of nitro benzene ring substituents is 1. The zero-order valence-electron chi connectivity index (χ0n) is 41.2. The fourth-order valence-electron chi connectivity index (χ4n) is 10.5. The lowest BCUT2D eigenvalue weighted by atomic mass is 9.55. The second-order valence-corrected chi connectivity index (χ2v) is 19.7. The number of fused-ring (bicyclic) bond motifs is 2. The van der Waals surface area contributed by atoms with E-state index < -0.39 is 40.0 Å². The number of unbranched alkanes of at least 4 members (excludes halogenated alkanes) is 2. The summed E-state index contributed by atoms with van der Waals surface area (Å²) in [5.41, 5.74) is 5.01. The molecule has 0 unspecified atom stereocenters. The van der Waals surface area contributed by atoms with E-state index in [1.165, 1.54) is 30.3 Å². The number of nitro groups is 1. The molecule has 72 heavy (non-hydrogen) atoms. The van der Waals surface area contributed by atoms with Crippen molar-refractivity contribution in [1.82, 2.24) is 4.90 Å². The third-order valence-corrected chi connectivity index (χ3v) is 13.7. The van der Waals surface area contributed by atoms with E-state index in [-0.39, 0.29) is 56.2 Å². The van der Waals surface area contributed by atoms with Gasteiger partial charge in [-0.15, -0.1) is 6.58 Å². The predicted molar refractivity (Wildman–Crippen MR) is 277 cm³/mol. The fraction of sp³-hybridized carbons (Fsp3) is 0.356. The van der Waals surface area contributed by atoms with Gasteiger partial charge in [0.15, 0.2) is 0 Å². The molecular weight excluding hydrogens is 914 g/mol. The average Bonchev–Trinajstić information content (AvgIpc) is 3.38. The number of aliphatic hydroxyl groups excluding tert-OH is 2. The quantitative estimate of drug-likeness (QED) is 0.0240. The van der Waals surface area contributed by atoms with Crippen LogP contribution in [-0.2, 0) is 20.9 Å². The van der Waals surface area contributed by atoms with E-state index >= 15 is 4.79 Å². The Hall–Kier alpha value is -6.93. The molecule has 0 saturated heterocycles.